The van der Waals surface area contributed by atoms with Gasteiger partial charge in [0.15, 0.2) is 0 Å². The molecule has 3 rings (SSSR count). The van der Waals surface area contributed by atoms with E-state index >= 15 is 0 Å². The van der Waals surface area contributed by atoms with Crippen molar-refractivity contribution in [3.05, 3.63) is 59.7 Å². The zero-order valence-corrected chi connectivity index (χ0v) is 25.7. The molecule has 2 aromatic carbocycles. The summed E-state index contributed by atoms with van der Waals surface area (Å²) in [4.78, 5) is 16.8. The molecule has 10 nitrogen and oxygen atoms in total. The molecule has 10 heteroatoms. The number of esters is 1. The van der Waals surface area contributed by atoms with Crippen LogP contribution in [-0.2, 0) is 9.53 Å². The van der Waals surface area contributed by atoms with Crippen LogP contribution in [0.25, 0.3) is 0 Å². The lowest BCUT2D eigenvalue weighted by molar-refractivity contribution is -0.143. The van der Waals surface area contributed by atoms with Crippen molar-refractivity contribution in [3.8, 4) is 11.5 Å². The average Bonchev–Trinajstić information content (AvgIpc) is 3.01. The fraction of sp³-hybridized carbons (Fsp3) is 0.545. The molecule has 2 aromatic rings. The van der Waals surface area contributed by atoms with Crippen molar-refractivity contribution in [1.29, 1.82) is 10.8 Å². The summed E-state index contributed by atoms with van der Waals surface area (Å²) in [7, 11) is 0. The predicted molar refractivity (Wildman–Crippen MR) is 171 cm³/mol. The molecule has 43 heavy (non-hydrogen) atoms. The second kappa shape index (κ2) is 18.8. The number of likely N-dealkylation sites (tertiary alicyclic amines) is 1. The molecular weight excluding hydrogens is 544 g/mol. The first kappa shape index (κ1) is 33.9. The minimum absolute atomic E-state index is 0.0566. The van der Waals surface area contributed by atoms with Gasteiger partial charge in [0, 0.05) is 36.7 Å². The Balaban J connectivity index is 1.39. The summed E-state index contributed by atoms with van der Waals surface area (Å²) in [6, 6.07) is 15.3. The molecule has 1 saturated heterocycles. The van der Waals surface area contributed by atoms with E-state index in [1.807, 2.05) is 55.5 Å². The topological polar surface area (TPSA) is 151 Å². The number of nitrogens with one attached hydrogen (secondary N) is 2. The number of amidine groups is 2. The molecule has 0 aromatic heterocycles. The number of benzene rings is 2. The Labute approximate surface area is 256 Å². The lowest BCUT2D eigenvalue weighted by atomic mass is 10.0. The molecule has 0 amide bonds. The fourth-order valence-electron chi connectivity index (χ4n) is 5.38. The Bertz CT molecular complexity index is 1120. The summed E-state index contributed by atoms with van der Waals surface area (Å²) in [6.45, 7) is 8.76. The number of rotatable bonds is 20. The summed E-state index contributed by atoms with van der Waals surface area (Å²) in [5.41, 5.74) is 12.5. The van der Waals surface area contributed by atoms with E-state index in [9.17, 15) is 4.79 Å². The molecule has 0 saturated carbocycles. The molecule has 0 unspecified atom stereocenters. The van der Waals surface area contributed by atoms with Gasteiger partial charge in [-0.1, -0.05) is 6.42 Å². The van der Waals surface area contributed by atoms with E-state index in [-0.39, 0.29) is 17.6 Å². The minimum Gasteiger partial charge on any atom is -0.494 e. The molecule has 0 atom stereocenters. The number of unbranched alkanes of at least 4 members (excludes halogenated alkanes) is 2. The maximum absolute atomic E-state index is 11.7. The highest BCUT2D eigenvalue weighted by Gasteiger charge is 2.24. The van der Waals surface area contributed by atoms with E-state index in [0.717, 1.165) is 89.2 Å². The number of piperidine rings is 1. The molecule has 0 aliphatic carbocycles. The number of nitrogens with zero attached hydrogens (tertiary/aromatic N) is 2. The van der Waals surface area contributed by atoms with Gasteiger partial charge >= 0.3 is 5.97 Å². The van der Waals surface area contributed by atoms with Crippen LogP contribution in [-0.4, -0.2) is 86.0 Å². The first-order chi connectivity index (χ1) is 20.9. The first-order valence-electron chi connectivity index (χ1n) is 15.6. The normalized spacial score (nSPS) is 14.0. The predicted octanol–water partition coefficient (Wildman–Crippen LogP) is 4.38. The van der Waals surface area contributed by atoms with Crippen LogP contribution in [0.1, 0.15) is 69.4 Å². The smallest absolute Gasteiger partial charge is 0.305 e. The van der Waals surface area contributed by atoms with E-state index in [1.54, 1.807) is 0 Å². The maximum atomic E-state index is 11.7. The molecule has 1 aliphatic heterocycles. The molecule has 1 fully saturated rings. The van der Waals surface area contributed by atoms with Crippen LogP contribution in [0.3, 0.4) is 0 Å². The number of carbonyl (C=O) groups excluding carboxylic acids is 1. The van der Waals surface area contributed by atoms with Gasteiger partial charge in [-0.3, -0.25) is 15.6 Å². The van der Waals surface area contributed by atoms with Gasteiger partial charge in [0.1, 0.15) is 23.2 Å². The number of hydrogen-bond donors (Lipinski definition) is 4. The van der Waals surface area contributed by atoms with Crippen molar-refractivity contribution in [2.45, 2.75) is 64.3 Å². The SMILES string of the molecule is CCOC(=O)CCCCCN(CCCOc1ccc(C(=N)N)cc1)C1CCN(CCCOc2ccc(C(=N)N)cc2)CC1. The van der Waals surface area contributed by atoms with Crippen LogP contribution in [0.2, 0.25) is 0 Å². The third kappa shape index (κ3) is 12.6. The molecule has 0 bridgehead atoms. The number of nitrogen functional groups attached to an aromatic ring is 2. The highest BCUT2D eigenvalue weighted by atomic mass is 16.5. The van der Waals surface area contributed by atoms with Gasteiger partial charge in [0.25, 0.3) is 0 Å². The summed E-state index contributed by atoms with van der Waals surface area (Å²) < 4.78 is 16.9. The van der Waals surface area contributed by atoms with Gasteiger partial charge in [0.2, 0.25) is 0 Å². The van der Waals surface area contributed by atoms with E-state index in [2.05, 4.69) is 9.80 Å². The van der Waals surface area contributed by atoms with Crippen molar-refractivity contribution in [2.24, 2.45) is 11.5 Å². The maximum Gasteiger partial charge on any atom is 0.305 e. The molecule has 0 radical (unpaired) electrons. The molecule has 0 spiro atoms. The quantitative estimate of drug-likeness (QED) is 0.0763. The molecule has 1 heterocycles. The number of hydrogen-bond acceptors (Lipinski definition) is 8. The van der Waals surface area contributed by atoms with Gasteiger partial charge in [-0.2, -0.15) is 0 Å². The summed E-state index contributed by atoms with van der Waals surface area (Å²) in [5.74, 6) is 1.62. The molecule has 6 N–H and O–H groups in total. The lowest BCUT2D eigenvalue weighted by Crippen LogP contribution is -2.46. The largest absolute Gasteiger partial charge is 0.494 e. The van der Waals surface area contributed by atoms with Gasteiger partial charge < -0.3 is 35.5 Å². The Hall–Kier alpha value is -3.63. The van der Waals surface area contributed by atoms with Crippen molar-refractivity contribution < 1.29 is 19.0 Å². The second-order valence-electron chi connectivity index (χ2n) is 11.0. The summed E-state index contributed by atoms with van der Waals surface area (Å²) in [6.07, 6.45) is 7.63. The average molecular weight is 595 g/mol. The zero-order chi connectivity index (χ0) is 30.9. The summed E-state index contributed by atoms with van der Waals surface area (Å²) in [5, 5.41) is 15.0. The number of ether oxygens (including phenoxy) is 3. The number of nitrogens with two attached hydrogens (primary N) is 2. The van der Waals surface area contributed by atoms with Crippen molar-refractivity contribution in [1.82, 2.24) is 9.80 Å². The van der Waals surface area contributed by atoms with Crippen LogP contribution in [0.4, 0.5) is 0 Å². The van der Waals surface area contributed by atoms with Crippen LogP contribution in [0.15, 0.2) is 48.5 Å². The first-order valence-corrected chi connectivity index (χ1v) is 15.6. The van der Waals surface area contributed by atoms with Gasteiger partial charge in [-0.15, -0.1) is 0 Å². The van der Waals surface area contributed by atoms with Crippen LogP contribution in [0.5, 0.6) is 11.5 Å². The van der Waals surface area contributed by atoms with Crippen molar-refractivity contribution >= 4 is 17.6 Å². The fourth-order valence-corrected chi connectivity index (χ4v) is 5.38. The van der Waals surface area contributed by atoms with E-state index in [1.165, 1.54) is 0 Å². The Morgan fingerprint density at radius 1 is 0.814 bits per heavy atom. The Morgan fingerprint density at radius 2 is 1.35 bits per heavy atom. The molecule has 1 aliphatic rings. The standard InChI is InChI=1S/C33H50N6O4/c1-2-41-31(40)8-4-3-5-20-39(21-7-25-43-30-15-11-27(12-16-30)33(36)37)28-17-22-38(23-18-28)19-6-24-42-29-13-9-26(10-14-29)32(34)35/h9-16,28H,2-8,17-25H2,1H3,(H3,34,35)(H3,36,37). The van der Waals surface area contributed by atoms with Crippen LogP contribution >= 0.6 is 0 Å². The second-order valence-corrected chi connectivity index (χ2v) is 11.0. The Kier molecular flexibility index (Phi) is 14.8. The van der Waals surface area contributed by atoms with E-state index in [4.69, 9.17) is 36.5 Å². The van der Waals surface area contributed by atoms with Crippen LogP contribution in [0, 0.1) is 10.8 Å². The van der Waals surface area contributed by atoms with Gasteiger partial charge in [0.05, 0.1) is 19.8 Å². The molecular formula is C33H50N6O4. The highest BCUT2D eigenvalue weighted by molar-refractivity contribution is 5.95. The van der Waals surface area contributed by atoms with Crippen LogP contribution < -0.4 is 20.9 Å². The lowest BCUT2D eigenvalue weighted by Gasteiger charge is -2.38. The summed E-state index contributed by atoms with van der Waals surface area (Å²) >= 11 is 0. The molecule has 236 valence electrons. The van der Waals surface area contributed by atoms with Crippen molar-refractivity contribution in [3.63, 3.8) is 0 Å². The minimum atomic E-state index is -0.100. The van der Waals surface area contributed by atoms with Gasteiger partial charge in [-0.25, -0.2) is 0 Å². The van der Waals surface area contributed by atoms with Gasteiger partial charge in [-0.05, 0) is 114 Å². The monoisotopic (exact) mass is 594 g/mol. The highest BCUT2D eigenvalue weighted by Crippen LogP contribution is 2.20. The van der Waals surface area contributed by atoms with Crippen molar-refractivity contribution in [2.75, 3.05) is 52.5 Å². The third-order valence-electron chi connectivity index (χ3n) is 7.78. The number of carbonyl (C=O) groups is 1. The van der Waals surface area contributed by atoms with E-state index in [0.29, 0.717) is 43.4 Å². The third-order valence-corrected chi connectivity index (χ3v) is 7.78. The van der Waals surface area contributed by atoms with E-state index < -0.39 is 0 Å². The Morgan fingerprint density at radius 3 is 1.88 bits per heavy atom. The zero-order valence-electron chi connectivity index (χ0n) is 25.7.